The van der Waals surface area contributed by atoms with Crippen LogP contribution in [0.25, 0.3) is 0 Å². The van der Waals surface area contributed by atoms with Crippen LogP contribution in [0.5, 0.6) is 11.5 Å². The number of ether oxygens (including phenoxy) is 1. The van der Waals surface area contributed by atoms with Crippen LogP contribution in [0.3, 0.4) is 0 Å². The molecule has 2 aliphatic heterocycles. The normalized spacial score (nSPS) is 25.4. The molecule has 2 saturated heterocycles. The van der Waals surface area contributed by atoms with E-state index in [1.165, 1.54) is 19.6 Å². The number of aromatic hydroxyl groups is 1. The Morgan fingerprint density at radius 1 is 1.45 bits per heavy atom. The summed E-state index contributed by atoms with van der Waals surface area (Å²) in [6.45, 7) is 2.68. The topological polar surface area (TPSA) is 61.8 Å². The molecule has 2 fully saturated rings. The van der Waals surface area contributed by atoms with Crippen LogP contribution in [0.4, 0.5) is 0 Å². The number of phenols is 1. The molecule has 0 aromatic heterocycles. The molecule has 0 saturated carbocycles. The van der Waals surface area contributed by atoms with Gasteiger partial charge in [0.05, 0.1) is 7.11 Å². The quantitative estimate of drug-likeness (QED) is 0.853. The third-order valence-corrected chi connectivity index (χ3v) is 4.37. The molecule has 2 N–H and O–H groups in total. The Bertz CT molecular complexity index is 518. The predicted molar refractivity (Wildman–Crippen MR) is 75.1 cm³/mol. The molecule has 0 spiro atoms. The third kappa shape index (κ3) is 2.22. The Balaban J connectivity index is 1.82. The average Bonchev–Trinajstić information content (AvgIpc) is 2.94. The Morgan fingerprint density at radius 2 is 2.30 bits per heavy atom. The van der Waals surface area contributed by atoms with E-state index in [9.17, 15) is 9.90 Å². The van der Waals surface area contributed by atoms with Crippen molar-refractivity contribution in [1.29, 1.82) is 0 Å². The maximum Gasteiger partial charge on any atom is 0.254 e. The van der Waals surface area contributed by atoms with Crippen LogP contribution in [0.15, 0.2) is 18.2 Å². The van der Waals surface area contributed by atoms with E-state index >= 15 is 0 Å². The van der Waals surface area contributed by atoms with E-state index < -0.39 is 0 Å². The number of piperidine rings is 1. The van der Waals surface area contributed by atoms with Gasteiger partial charge in [0.2, 0.25) is 0 Å². The summed E-state index contributed by atoms with van der Waals surface area (Å²) in [6.07, 6.45) is 2.24. The predicted octanol–water partition coefficient (Wildman–Crippen LogP) is 1.22. The molecule has 0 aliphatic carbocycles. The molecule has 1 aromatic rings. The highest BCUT2D eigenvalue weighted by Gasteiger charge is 2.37. The smallest absolute Gasteiger partial charge is 0.254 e. The lowest BCUT2D eigenvalue weighted by molar-refractivity contribution is 0.0574. The molecular formula is C15H20N2O3. The van der Waals surface area contributed by atoms with E-state index in [1.807, 2.05) is 4.90 Å². The summed E-state index contributed by atoms with van der Waals surface area (Å²) in [5.41, 5.74) is 0.524. The maximum absolute atomic E-state index is 12.6. The van der Waals surface area contributed by atoms with Crippen LogP contribution in [0.1, 0.15) is 23.2 Å². The van der Waals surface area contributed by atoms with Gasteiger partial charge in [-0.25, -0.2) is 0 Å². The summed E-state index contributed by atoms with van der Waals surface area (Å²) in [5.74, 6) is 0.970. The van der Waals surface area contributed by atoms with E-state index in [4.69, 9.17) is 4.74 Å². The van der Waals surface area contributed by atoms with Crippen molar-refractivity contribution >= 4 is 5.91 Å². The first-order valence-corrected chi connectivity index (χ1v) is 7.09. The maximum atomic E-state index is 12.6. The van der Waals surface area contributed by atoms with Crippen molar-refractivity contribution in [3.63, 3.8) is 0 Å². The first-order valence-electron chi connectivity index (χ1n) is 7.09. The number of hydrogen-bond donors (Lipinski definition) is 2. The van der Waals surface area contributed by atoms with E-state index in [0.29, 0.717) is 23.3 Å². The first-order chi connectivity index (χ1) is 9.70. The molecule has 3 rings (SSSR count). The number of fused-ring (bicyclic) bond motifs is 1. The van der Waals surface area contributed by atoms with Gasteiger partial charge in [0.15, 0.2) is 11.5 Å². The van der Waals surface area contributed by atoms with Gasteiger partial charge in [-0.15, -0.1) is 0 Å². The van der Waals surface area contributed by atoms with Crippen LogP contribution in [0, 0.1) is 5.92 Å². The number of carbonyl (C=O) groups is 1. The minimum atomic E-state index is 0.00125. The highest BCUT2D eigenvalue weighted by molar-refractivity contribution is 5.95. The minimum absolute atomic E-state index is 0.00125. The van der Waals surface area contributed by atoms with Gasteiger partial charge in [-0.2, -0.15) is 0 Å². The summed E-state index contributed by atoms with van der Waals surface area (Å²) < 4.78 is 5.01. The molecule has 1 amide bonds. The van der Waals surface area contributed by atoms with Crippen molar-refractivity contribution in [3.8, 4) is 11.5 Å². The molecule has 0 bridgehead atoms. The lowest BCUT2D eigenvalue weighted by Gasteiger charge is -2.37. The summed E-state index contributed by atoms with van der Waals surface area (Å²) in [4.78, 5) is 14.6. The number of rotatable bonds is 2. The second-order valence-corrected chi connectivity index (χ2v) is 5.51. The van der Waals surface area contributed by atoms with Gasteiger partial charge in [-0.3, -0.25) is 4.79 Å². The van der Waals surface area contributed by atoms with Crippen molar-refractivity contribution < 1.29 is 14.6 Å². The fourth-order valence-electron chi connectivity index (χ4n) is 3.31. The second-order valence-electron chi connectivity index (χ2n) is 5.51. The first kappa shape index (κ1) is 13.2. The number of carbonyl (C=O) groups excluding carboxylic acids is 1. The lowest BCUT2D eigenvalue weighted by atomic mass is 9.91. The monoisotopic (exact) mass is 276 g/mol. The molecule has 20 heavy (non-hydrogen) atoms. The zero-order valence-electron chi connectivity index (χ0n) is 11.6. The molecule has 5 nitrogen and oxygen atoms in total. The minimum Gasteiger partial charge on any atom is -0.504 e. The number of methoxy groups -OCH3 is 1. The fourth-order valence-corrected chi connectivity index (χ4v) is 3.31. The van der Waals surface area contributed by atoms with Gasteiger partial charge >= 0.3 is 0 Å². The van der Waals surface area contributed by atoms with Crippen LogP contribution in [-0.4, -0.2) is 48.7 Å². The number of benzene rings is 1. The van der Waals surface area contributed by atoms with E-state index in [2.05, 4.69) is 5.32 Å². The lowest BCUT2D eigenvalue weighted by Crippen LogP contribution is -2.48. The average molecular weight is 276 g/mol. The molecule has 5 heteroatoms. The van der Waals surface area contributed by atoms with Crippen LogP contribution >= 0.6 is 0 Å². The van der Waals surface area contributed by atoms with Crippen molar-refractivity contribution in [2.45, 2.75) is 18.9 Å². The number of nitrogens with zero attached hydrogens (tertiary/aromatic N) is 1. The van der Waals surface area contributed by atoms with Gasteiger partial charge in [-0.05, 0) is 37.0 Å². The zero-order chi connectivity index (χ0) is 14.1. The molecule has 2 aliphatic rings. The summed E-state index contributed by atoms with van der Waals surface area (Å²) in [7, 11) is 1.50. The van der Waals surface area contributed by atoms with Crippen LogP contribution in [-0.2, 0) is 0 Å². The number of nitrogens with one attached hydrogen (secondary N) is 1. The van der Waals surface area contributed by atoms with E-state index in [1.54, 1.807) is 12.1 Å². The molecule has 108 valence electrons. The van der Waals surface area contributed by atoms with Gasteiger partial charge in [0.1, 0.15) is 0 Å². The highest BCUT2D eigenvalue weighted by Crippen LogP contribution is 2.30. The van der Waals surface area contributed by atoms with Crippen molar-refractivity contribution in [2.24, 2.45) is 5.92 Å². The van der Waals surface area contributed by atoms with Crippen LogP contribution < -0.4 is 10.1 Å². The number of likely N-dealkylation sites (tertiary alicyclic amines) is 1. The van der Waals surface area contributed by atoms with Gasteiger partial charge in [0, 0.05) is 31.2 Å². The standard InChI is InChI=1S/C15H20N2O3/c1-20-14-5-4-10(7-13(14)18)15(19)17-6-2-3-11-8-16-9-12(11)17/h4-5,7,11-12,16,18H,2-3,6,8-9H2,1H3. The number of phenolic OH excluding ortho intramolecular Hbond substituents is 1. The molecule has 2 atom stereocenters. The van der Waals surface area contributed by atoms with Gasteiger partial charge in [0.25, 0.3) is 5.91 Å². The Hall–Kier alpha value is -1.75. The zero-order valence-corrected chi connectivity index (χ0v) is 11.6. The van der Waals surface area contributed by atoms with Gasteiger partial charge in [-0.1, -0.05) is 0 Å². The van der Waals surface area contributed by atoms with Crippen molar-refractivity contribution in [2.75, 3.05) is 26.7 Å². The fraction of sp³-hybridized carbons (Fsp3) is 0.533. The largest absolute Gasteiger partial charge is 0.504 e. The van der Waals surface area contributed by atoms with Crippen molar-refractivity contribution in [1.82, 2.24) is 10.2 Å². The summed E-state index contributed by atoms with van der Waals surface area (Å²) >= 11 is 0. The Morgan fingerprint density at radius 3 is 3.05 bits per heavy atom. The summed E-state index contributed by atoms with van der Waals surface area (Å²) in [6, 6.07) is 5.14. The third-order valence-electron chi connectivity index (χ3n) is 4.37. The Kier molecular flexibility index (Phi) is 3.53. The molecule has 0 radical (unpaired) electrons. The molecule has 2 unspecified atom stereocenters. The molecular weight excluding hydrogens is 256 g/mol. The molecule has 2 heterocycles. The van der Waals surface area contributed by atoms with Crippen LogP contribution in [0.2, 0.25) is 0 Å². The number of amides is 1. The van der Waals surface area contributed by atoms with E-state index in [0.717, 1.165) is 26.1 Å². The number of hydrogen-bond acceptors (Lipinski definition) is 4. The Labute approximate surface area is 118 Å². The van der Waals surface area contributed by atoms with Gasteiger partial charge < -0.3 is 20.1 Å². The SMILES string of the molecule is COc1ccc(C(=O)N2CCCC3CNCC32)cc1O. The highest BCUT2D eigenvalue weighted by atomic mass is 16.5. The summed E-state index contributed by atoms with van der Waals surface area (Å²) in [5, 5.41) is 13.2. The second kappa shape index (κ2) is 5.32. The molecule has 1 aromatic carbocycles. The van der Waals surface area contributed by atoms with Crippen molar-refractivity contribution in [3.05, 3.63) is 23.8 Å². The van der Waals surface area contributed by atoms with E-state index in [-0.39, 0.29) is 11.7 Å².